The van der Waals surface area contributed by atoms with Crippen molar-refractivity contribution in [3.8, 4) is 0 Å². The van der Waals surface area contributed by atoms with Gasteiger partial charge in [0, 0.05) is 24.3 Å². The highest BCUT2D eigenvalue weighted by Gasteiger charge is 1.96. The second kappa shape index (κ2) is 4.77. The predicted molar refractivity (Wildman–Crippen MR) is 53.5 cm³/mol. The fourth-order valence-corrected chi connectivity index (χ4v) is 0.979. The van der Waals surface area contributed by atoms with Crippen LogP contribution in [0, 0.1) is 6.92 Å². The van der Waals surface area contributed by atoms with Gasteiger partial charge in [-0.2, -0.15) is 0 Å². The summed E-state index contributed by atoms with van der Waals surface area (Å²) in [5.74, 6) is 0.869. The van der Waals surface area contributed by atoms with Gasteiger partial charge in [-0.1, -0.05) is 0 Å². The topological polar surface area (TPSA) is 63.8 Å². The molecule has 0 aliphatic carbocycles. The van der Waals surface area contributed by atoms with Gasteiger partial charge in [-0.05, 0) is 20.3 Å². The number of aryl methyl sites for hydroxylation is 1. The van der Waals surface area contributed by atoms with E-state index in [1.807, 2.05) is 19.9 Å². The third-order valence-electron chi connectivity index (χ3n) is 1.71. The van der Waals surface area contributed by atoms with Gasteiger partial charge < -0.3 is 11.1 Å². The summed E-state index contributed by atoms with van der Waals surface area (Å²) in [6, 6.07) is 2.15. The largest absolute Gasteiger partial charge is 0.370 e. The Labute approximate surface area is 78.6 Å². The third-order valence-corrected chi connectivity index (χ3v) is 1.71. The number of rotatable bonds is 4. The normalized spacial score (nSPS) is 12.5. The van der Waals surface area contributed by atoms with Crippen molar-refractivity contribution in [2.45, 2.75) is 26.3 Å². The number of nitrogens with one attached hydrogen (secondary N) is 1. The van der Waals surface area contributed by atoms with E-state index in [2.05, 4.69) is 15.3 Å². The summed E-state index contributed by atoms with van der Waals surface area (Å²) in [7, 11) is 0. The fraction of sp³-hybridized carbons (Fsp3) is 0.556. The average molecular weight is 180 g/mol. The van der Waals surface area contributed by atoms with Crippen molar-refractivity contribution in [2.75, 3.05) is 11.9 Å². The van der Waals surface area contributed by atoms with Crippen molar-refractivity contribution in [1.29, 1.82) is 0 Å². The first-order valence-electron chi connectivity index (χ1n) is 4.46. The van der Waals surface area contributed by atoms with Crippen LogP contribution in [0.1, 0.15) is 19.0 Å². The molecule has 1 heterocycles. The lowest BCUT2D eigenvalue weighted by Crippen LogP contribution is -2.19. The number of nitrogens with zero attached hydrogens (tertiary/aromatic N) is 2. The minimum atomic E-state index is 0.232. The van der Waals surface area contributed by atoms with Crippen molar-refractivity contribution >= 4 is 5.82 Å². The molecule has 72 valence electrons. The summed E-state index contributed by atoms with van der Waals surface area (Å²) in [5, 5.41) is 3.19. The predicted octanol–water partition coefficient (Wildman–Crippen LogP) is 0.934. The monoisotopic (exact) mass is 180 g/mol. The Morgan fingerprint density at radius 1 is 1.54 bits per heavy atom. The maximum atomic E-state index is 5.61. The second-order valence-corrected chi connectivity index (χ2v) is 3.24. The first-order chi connectivity index (χ1) is 6.18. The van der Waals surface area contributed by atoms with E-state index in [0.717, 1.165) is 24.5 Å². The zero-order valence-corrected chi connectivity index (χ0v) is 8.12. The Hall–Kier alpha value is -1.16. The number of aromatic nitrogens is 2. The van der Waals surface area contributed by atoms with E-state index in [-0.39, 0.29) is 6.04 Å². The van der Waals surface area contributed by atoms with Gasteiger partial charge in [0.25, 0.3) is 0 Å². The summed E-state index contributed by atoms with van der Waals surface area (Å²) in [6.45, 7) is 4.79. The van der Waals surface area contributed by atoms with Crippen LogP contribution in [0.2, 0.25) is 0 Å². The second-order valence-electron chi connectivity index (χ2n) is 3.24. The van der Waals surface area contributed by atoms with E-state index in [4.69, 9.17) is 5.73 Å². The molecular weight excluding hydrogens is 164 g/mol. The van der Waals surface area contributed by atoms with Gasteiger partial charge in [0.1, 0.15) is 12.1 Å². The van der Waals surface area contributed by atoms with Crippen LogP contribution in [0.25, 0.3) is 0 Å². The third kappa shape index (κ3) is 3.85. The minimum Gasteiger partial charge on any atom is -0.370 e. The van der Waals surface area contributed by atoms with Gasteiger partial charge in [0.2, 0.25) is 0 Å². The van der Waals surface area contributed by atoms with Gasteiger partial charge in [-0.15, -0.1) is 0 Å². The average Bonchev–Trinajstić information content (AvgIpc) is 2.03. The standard InChI is InChI=1S/C9H16N4/c1-7(10)3-4-11-9-5-8(2)12-6-13-9/h5-7H,3-4,10H2,1-2H3,(H,11,12,13). The molecule has 1 unspecified atom stereocenters. The van der Waals surface area contributed by atoms with E-state index >= 15 is 0 Å². The molecule has 0 fully saturated rings. The van der Waals surface area contributed by atoms with E-state index < -0.39 is 0 Å². The maximum absolute atomic E-state index is 5.61. The zero-order valence-electron chi connectivity index (χ0n) is 8.12. The number of nitrogens with two attached hydrogens (primary N) is 1. The van der Waals surface area contributed by atoms with Crippen LogP contribution in [-0.2, 0) is 0 Å². The highest BCUT2D eigenvalue weighted by molar-refractivity contribution is 5.34. The maximum Gasteiger partial charge on any atom is 0.129 e. The lowest BCUT2D eigenvalue weighted by Gasteiger charge is -2.07. The number of anilines is 1. The van der Waals surface area contributed by atoms with E-state index in [9.17, 15) is 0 Å². The Morgan fingerprint density at radius 3 is 2.92 bits per heavy atom. The molecule has 1 atom stereocenters. The summed E-state index contributed by atoms with van der Waals surface area (Å²) in [6.07, 6.45) is 2.51. The van der Waals surface area contributed by atoms with Gasteiger partial charge in [0.05, 0.1) is 0 Å². The molecule has 0 bridgehead atoms. The molecule has 0 aliphatic heterocycles. The highest BCUT2D eigenvalue weighted by atomic mass is 15.0. The molecule has 0 amide bonds. The van der Waals surface area contributed by atoms with Crippen molar-refractivity contribution in [3.63, 3.8) is 0 Å². The molecule has 4 nitrogen and oxygen atoms in total. The molecule has 0 aliphatic rings. The number of hydrogen-bond acceptors (Lipinski definition) is 4. The molecule has 0 radical (unpaired) electrons. The minimum absolute atomic E-state index is 0.232. The van der Waals surface area contributed by atoms with Crippen LogP contribution in [0.4, 0.5) is 5.82 Å². The lowest BCUT2D eigenvalue weighted by atomic mass is 10.2. The molecule has 1 aromatic rings. The van der Waals surface area contributed by atoms with Crippen LogP contribution in [-0.4, -0.2) is 22.6 Å². The summed E-state index contributed by atoms with van der Waals surface area (Å²) >= 11 is 0. The van der Waals surface area contributed by atoms with E-state index in [0.29, 0.717) is 0 Å². The van der Waals surface area contributed by atoms with Crippen molar-refractivity contribution in [2.24, 2.45) is 5.73 Å². The van der Waals surface area contributed by atoms with Crippen LogP contribution in [0.5, 0.6) is 0 Å². The molecule has 0 saturated heterocycles. The zero-order chi connectivity index (χ0) is 9.68. The highest BCUT2D eigenvalue weighted by Crippen LogP contribution is 2.02. The van der Waals surface area contributed by atoms with E-state index in [1.165, 1.54) is 0 Å². The number of hydrogen-bond donors (Lipinski definition) is 2. The molecule has 13 heavy (non-hydrogen) atoms. The lowest BCUT2D eigenvalue weighted by molar-refractivity contribution is 0.689. The van der Waals surface area contributed by atoms with Crippen LogP contribution in [0.3, 0.4) is 0 Å². The summed E-state index contributed by atoms with van der Waals surface area (Å²) < 4.78 is 0. The van der Waals surface area contributed by atoms with Crippen molar-refractivity contribution in [1.82, 2.24) is 9.97 Å². The van der Waals surface area contributed by atoms with Crippen LogP contribution in [0.15, 0.2) is 12.4 Å². The van der Waals surface area contributed by atoms with Crippen LogP contribution >= 0.6 is 0 Å². The first kappa shape index (κ1) is 9.92. The van der Waals surface area contributed by atoms with Gasteiger partial charge in [0.15, 0.2) is 0 Å². The van der Waals surface area contributed by atoms with E-state index in [1.54, 1.807) is 6.33 Å². The first-order valence-corrected chi connectivity index (χ1v) is 4.46. The molecule has 4 heteroatoms. The fourth-order valence-electron chi connectivity index (χ4n) is 0.979. The molecule has 0 aromatic carbocycles. The smallest absolute Gasteiger partial charge is 0.129 e. The quantitative estimate of drug-likeness (QED) is 0.723. The molecule has 1 rings (SSSR count). The molecule has 1 aromatic heterocycles. The molecule has 0 spiro atoms. The molecule has 3 N–H and O–H groups in total. The van der Waals surface area contributed by atoms with Crippen molar-refractivity contribution < 1.29 is 0 Å². The Morgan fingerprint density at radius 2 is 2.31 bits per heavy atom. The Balaban J connectivity index is 2.37. The Kier molecular flexibility index (Phi) is 3.64. The summed E-state index contributed by atoms with van der Waals surface area (Å²) in [4.78, 5) is 8.08. The van der Waals surface area contributed by atoms with Gasteiger partial charge in [-0.3, -0.25) is 0 Å². The summed E-state index contributed by atoms with van der Waals surface area (Å²) in [5.41, 5.74) is 6.58. The Bertz CT molecular complexity index is 260. The van der Waals surface area contributed by atoms with Crippen molar-refractivity contribution in [3.05, 3.63) is 18.1 Å². The molecular formula is C9H16N4. The SMILES string of the molecule is Cc1cc(NCCC(C)N)ncn1. The molecule has 0 saturated carbocycles. The van der Waals surface area contributed by atoms with Gasteiger partial charge in [-0.25, -0.2) is 9.97 Å². The van der Waals surface area contributed by atoms with Gasteiger partial charge >= 0.3 is 0 Å². The van der Waals surface area contributed by atoms with Crippen LogP contribution < -0.4 is 11.1 Å².